The van der Waals surface area contributed by atoms with E-state index in [1.165, 1.54) is 0 Å². The summed E-state index contributed by atoms with van der Waals surface area (Å²) in [4.78, 5) is 12.0. The molecule has 3 atom stereocenters. The molecule has 20 radical (unpaired) electrons. The Morgan fingerprint density at radius 3 is 1.39 bits per heavy atom. The van der Waals surface area contributed by atoms with Crippen molar-refractivity contribution in [2.24, 2.45) is 0 Å². The van der Waals surface area contributed by atoms with Crippen LogP contribution in [-0.2, 0) is 48.4 Å². The second-order valence-corrected chi connectivity index (χ2v) is 6.99. The maximum absolute atomic E-state index is 12.0. The Kier molecular flexibility index (Phi) is 14.8. The van der Waals surface area contributed by atoms with Gasteiger partial charge >= 0.3 is 34.1 Å². The molecule has 0 amide bonds. The maximum Gasteiger partial charge on any atom is 2.00 e. The van der Waals surface area contributed by atoms with Crippen LogP contribution in [0.1, 0.15) is 13.8 Å². The van der Waals surface area contributed by atoms with Crippen LogP contribution in [0.4, 0.5) is 0 Å². The van der Waals surface area contributed by atoms with Gasteiger partial charge in [-0.05, 0) is 129 Å². The van der Waals surface area contributed by atoms with Crippen molar-refractivity contribution in [3.63, 3.8) is 0 Å². The molecule has 3 nitrogen and oxygen atoms in total. The molecule has 0 aromatic rings. The zero-order chi connectivity index (χ0) is 20.5. The molecule has 5 fully saturated rings. The van der Waals surface area contributed by atoms with E-state index in [0.29, 0.717) is 0 Å². The van der Waals surface area contributed by atoms with Crippen LogP contribution in [0.5, 0.6) is 0 Å². The Bertz CT molecular complexity index is 456. The quantitative estimate of drug-likeness (QED) is 0.554. The average molecular weight is 498 g/mol. The van der Waals surface area contributed by atoms with Gasteiger partial charge in [-0.3, -0.25) is 4.79 Å². The zero-order valence-electron chi connectivity index (χ0n) is 17.5. The van der Waals surface area contributed by atoms with Crippen LogP contribution < -0.4 is 0 Å². The topological polar surface area (TPSA) is 35.5 Å². The van der Waals surface area contributed by atoms with Crippen molar-refractivity contribution >= 4 is 5.78 Å². The number of ether oxygens (including phenoxy) is 2. The van der Waals surface area contributed by atoms with Crippen molar-refractivity contribution < 1.29 is 48.4 Å². The van der Waals surface area contributed by atoms with Crippen molar-refractivity contribution in [1.29, 1.82) is 0 Å². The maximum atomic E-state index is 12.0. The molecule has 3 unspecified atom stereocenters. The summed E-state index contributed by atoms with van der Waals surface area (Å²) in [6, 6.07) is 0. The van der Waals surface area contributed by atoms with E-state index in [1.807, 2.05) is 116 Å². The van der Waals surface area contributed by atoms with Gasteiger partial charge in [0.2, 0.25) is 0 Å². The van der Waals surface area contributed by atoms with Gasteiger partial charge < -0.3 is 9.47 Å². The Balaban J connectivity index is 0.000000331. The van der Waals surface area contributed by atoms with Crippen molar-refractivity contribution in [2.75, 3.05) is 0 Å². The van der Waals surface area contributed by atoms with Crippen LogP contribution in [0.3, 0.4) is 0 Å². The van der Waals surface area contributed by atoms with Crippen LogP contribution in [0.15, 0.2) is 0 Å². The molecule has 5 rings (SSSR count). The van der Waals surface area contributed by atoms with Gasteiger partial charge in [-0.25, -0.2) is 0 Å². The van der Waals surface area contributed by atoms with E-state index in [2.05, 4.69) is 0 Å². The van der Waals surface area contributed by atoms with Crippen LogP contribution in [0.25, 0.3) is 0 Å². The van der Waals surface area contributed by atoms with Crippen molar-refractivity contribution in [3.05, 3.63) is 127 Å². The summed E-state index contributed by atoms with van der Waals surface area (Å²) in [5.74, 6) is 1.90. The zero-order valence-corrected chi connectivity index (χ0v) is 19.7. The first-order valence-electron chi connectivity index (χ1n) is 9.72. The first-order chi connectivity index (χ1) is 14.1. The number of hydrogen-bond acceptors (Lipinski definition) is 3. The van der Waals surface area contributed by atoms with Gasteiger partial charge in [-0.1, -0.05) is 0 Å². The molecule has 31 heavy (non-hydrogen) atoms. The summed E-state index contributed by atoms with van der Waals surface area (Å²) in [7, 11) is 0. The van der Waals surface area contributed by atoms with Crippen molar-refractivity contribution in [1.82, 2.24) is 0 Å². The number of hydrogen-bond donors (Lipinski definition) is 0. The molecular formula is C26H26Fe2O3+4. The first-order valence-corrected chi connectivity index (χ1v) is 9.72. The molecule has 0 spiro atoms. The second kappa shape index (κ2) is 15.5. The number of carbonyl (C=O) groups is 1. The third kappa shape index (κ3) is 8.73. The van der Waals surface area contributed by atoms with Gasteiger partial charge in [0.05, 0.1) is 0 Å². The number of ketones is 1. The number of carbonyl (C=O) groups excluding carboxylic acids is 1. The largest absolute Gasteiger partial charge is 2.00 e. The molecule has 4 saturated carbocycles. The van der Waals surface area contributed by atoms with E-state index in [0.717, 1.165) is 11.8 Å². The van der Waals surface area contributed by atoms with E-state index in [1.54, 1.807) is 13.8 Å². The summed E-state index contributed by atoms with van der Waals surface area (Å²) in [6.07, 6.45) is 34.7. The van der Waals surface area contributed by atoms with Gasteiger partial charge in [-0.2, -0.15) is 0 Å². The normalized spacial score (nSPS) is 33.0. The van der Waals surface area contributed by atoms with E-state index in [-0.39, 0.29) is 46.0 Å². The molecule has 1 heterocycles. The molecule has 0 N–H and O–H groups in total. The van der Waals surface area contributed by atoms with E-state index >= 15 is 0 Å². The average Bonchev–Trinajstić information content (AvgIpc) is 3.57. The predicted molar refractivity (Wildman–Crippen MR) is 113 cm³/mol. The minimum atomic E-state index is -0.934. The van der Waals surface area contributed by atoms with Gasteiger partial charge in [0.15, 0.2) is 17.7 Å². The molecule has 160 valence electrons. The van der Waals surface area contributed by atoms with Gasteiger partial charge in [0.25, 0.3) is 0 Å². The fourth-order valence-electron chi connectivity index (χ4n) is 3.13. The van der Waals surface area contributed by atoms with Crippen LogP contribution >= 0.6 is 0 Å². The second-order valence-electron chi connectivity index (χ2n) is 6.99. The molecule has 0 bridgehead atoms. The smallest absolute Gasteiger partial charge is 0.345 e. The predicted octanol–water partition coefficient (Wildman–Crippen LogP) is 3.92. The first kappa shape index (κ1) is 29.7. The fraction of sp³-hybridized carbons (Fsp3) is 0.192. The third-order valence-electron chi connectivity index (χ3n) is 4.87. The molecule has 1 aliphatic heterocycles. The van der Waals surface area contributed by atoms with Crippen LogP contribution in [0.2, 0.25) is 0 Å². The summed E-state index contributed by atoms with van der Waals surface area (Å²) in [5, 5.41) is 0. The van der Waals surface area contributed by atoms with Crippen molar-refractivity contribution in [3.8, 4) is 0 Å². The van der Waals surface area contributed by atoms with Crippen LogP contribution in [-0.4, -0.2) is 23.8 Å². The Morgan fingerprint density at radius 2 is 1.03 bits per heavy atom. The van der Waals surface area contributed by atoms with Gasteiger partial charge in [0.1, 0.15) is 6.10 Å². The van der Waals surface area contributed by atoms with Crippen molar-refractivity contribution in [2.45, 2.75) is 31.8 Å². The SMILES string of the molecule is CC(=O)C1(C)OC([C]2[CH][CH][CH][CH]2)OC1[C]1[CH][CH][CH][CH]1.[CH]1[CH][CH][CH][CH]1.[CH]1[CH][CH][CH][CH]1.[Fe+2].[Fe+2]. The standard InChI is InChI=1S/C16H16O3.2C5H5.2Fe/c1-11(17)16(2)14(12-7-3-4-8-12)18-15(19-16)13-9-5-6-10-13;2*1-2-4-5-3-1;;/h3-10,14-15H,1-2H3;2*1-5H;;/q;;;2*+2. The molecule has 4 aliphatic carbocycles. The molecule has 0 aromatic heterocycles. The third-order valence-corrected chi connectivity index (χ3v) is 4.87. The minimum absolute atomic E-state index is 0. The molecule has 0 aromatic carbocycles. The van der Waals surface area contributed by atoms with E-state index in [9.17, 15) is 4.79 Å². The minimum Gasteiger partial charge on any atom is -0.345 e. The number of Topliss-reactive ketones (excluding diaryl/α,β-unsaturated/α-hetero) is 1. The fourth-order valence-corrected chi connectivity index (χ4v) is 3.13. The molecular weight excluding hydrogens is 472 g/mol. The van der Waals surface area contributed by atoms with Crippen LogP contribution in [0, 0.1) is 127 Å². The van der Waals surface area contributed by atoms with E-state index < -0.39 is 11.9 Å². The van der Waals surface area contributed by atoms with E-state index in [4.69, 9.17) is 9.47 Å². The Hall–Kier alpha value is 0.629. The summed E-state index contributed by atoms with van der Waals surface area (Å²) < 4.78 is 11.9. The Labute approximate surface area is 212 Å². The number of rotatable bonds is 3. The summed E-state index contributed by atoms with van der Waals surface area (Å²) in [6.45, 7) is 3.35. The summed E-state index contributed by atoms with van der Waals surface area (Å²) >= 11 is 0. The molecule has 1 saturated heterocycles. The molecule has 5 heteroatoms. The Morgan fingerprint density at radius 1 is 0.677 bits per heavy atom. The molecule has 5 aliphatic rings. The summed E-state index contributed by atoms with van der Waals surface area (Å²) in [5.41, 5.74) is -0.934. The van der Waals surface area contributed by atoms with Gasteiger partial charge in [0, 0.05) is 11.8 Å². The monoisotopic (exact) mass is 498 g/mol. The van der Waals surface area contributed by atoms with Gasteiger partial charge in [-0.15, -0.1) is 0 Å².